The average Bonchev–Trinajstić information content (AvgIpc) is 2.92. The fourth-order valence-electron chi connectivity index (χ4n) is 3.43. The van der Waals surface area contributed by atoms with Crippen LogP contribution in [0.1, 0.15) is 11.1 Å². The molecule has 132 valence electrons. The molecule has 7 nitrogen and oxygen atoms in total. The molecule has 4 rings (SSSR count). The third-order valence-corrected chi connectivity index (χ3v) is 4.75. The number of rotatable bonds is 2. The summed E-state index contributed by atoms with van der Waals surface area (Å²) in [7, 11) is 1.88. The van der Waals surface area contributed by atoms with Gasteiger partial charge in [0.25, 0.3) is 11.2 Å². The van der Waals surface area contributed by atoms with E-state index in [1.807, 2.05) is 42.8 Å². The second-order valence-corrected chi connectivity index (χ2v) is 6.40. The van der Waals surface area contributed by atoms with Gasteiger partial charge in [0.1, 0.15) is 11.6 Å². The number of pyridine rings is 1. The first-order valence-corrected chi connectivity index (χ1v) is 8.22. The number of nitro benzene ring substituents is 1. The lowest BCUT2D eigenvalue weighted by atomic mass is 10.1. The van der Waals surface area contributed by atoms with Crippen molar-refractivity contribution in [2.75, 3.05) is 0 Å². The number of hydrogen-bond donors (Lipinski definition) is 0. The molecule has 2 aromatic heterocycles. The van der Waals surface area contributed by atoms with E-state index >= 15 is 0 Å². The Bertz CT molecular complexity index is 1340. The summed E-state index contributed by atoms with van der Waals surface area (Å²) in [5, 5.41) is 21.2. The van der Waals surface area contributed by atoms with Crippen LogP contribution in [0.5, 0.6) is 0 Å². The van der Waals surface area contributed by atoms with Crippen LogP contribution in [-0.2, 0) is 7.05 Å². The zero-order chi connectivity index (χ0) is 19.3. The van der Waals surface area contributed by atoms with Crippen molar-refractivity contribution in [2.45, 2.75) is 6.92 Å². The van der Waals surface area contributed by atoms with Crippen molar-refractivity contribution in [3.63, 3.8) is 0 Å². The molecule has 0 saturated heterocycles. The van der Waals surface area contributed by atoms with Gasteiger partial charge in [-0.05, 0) is 37.3 Å². The summed E-state index contributed by atoms with van der Waals surface area (Å²) >= 11 is 0. The molecular formula is C20H14N4O3. The number of benzene rings is 2. The molecule has 0 aliphatic rings. The molecule has 0 spiro atoms. The third kappa shape index (κ3) is 2.39. The summed E-state index contributed by atoms with van der Waals surface area (Å²) in [6, 6.07) is 15.2. The molecule has 0 saturated carbocycles. The van der Waals surface area contributed by atoms with E-state index < -0.39 is 10.5 Å². The van der Waals surface area contributed by atoms with Crippen LogP contribution in [0.25, 0.3) is 27.6 Å². The van der Waals surface area contributed by atoms with Gasteiger partial charge in [-0.15, -0.1) is 0 Å². The van der Waals surface area contributed by atoms with E-state index in [4.69, 9.17) is 0 Å². The lowest BCUT2D eigenvalue weighted by Crippen LogP contribution is -2.21. The SMILES string of the molecule is Cc1ccc2c(c1)c1c(cc(C#N)c(=O)n1-c1ccc([N+](=O)[O-])cc1)n2C. The number of aryl methyl sites for hydroxylation is 2. The highest BCUT2D eigenvalue weighted by molar-refractivity contribution is 6.07. The molecule has 2 aromatic carbocycles. The molecule has 0 aliphatic heterocycles. The van der Waals surface area contributed by atoms with Crippen LogP contribution in [0.2, 0.25) is 0 Å². The van der Waals surface area contributed by atoms with Crippen LogP contribution < -0.4 is 5.56 Å². The molecule has 0 radical (unpaired) electrons. The van der Waals surface area contributed by atoms with Gasteiger partial charge in [-0.2, -0.15) is 5.26 Å². The van der Waals surface area contributed by atoms with E-state index in [0.29, 0.717) is 11.2 Å². The normalized spacial score (nSPS) is 11.0. The molecule has 2 heterocycles. The summed E-state index contributed by atoms with van der Waals surface area (Å²) in [5.74, 6) is 0. The van der Waals surface area contributed by atoms with Crippen LogP contribution >= 0.6 is 0 Å². The molecule has 7 heteroatoms. The van der Waals surface area contributed by atoms with Gasteiger partial charge < -0.3 is 4.57 Å². The minimum Gasteiger partial charge on any atom is -0.342 e. The van der Waals surface area contributed by atoms with Crippen molar-refractivity contribution in [1.82, 2.24) is 9.13 Å². The fourth-order valence-corrected chi connectivity index (χ4v) is 3.43. The molecule has 0 N–H and O–H groups in total. The Morgan fingerprint density at radius 3 is 2.41 bits per heavy atom. The second kappa shape index (κ2) is 5.81. The monoisotopic (exact) mass is 358 g/mol. The number of nitro groups is 1. The summed E-state index contributed by atoms with van der Waals surface area (Å²) in [4.78, 5) is 23.4. The van der Waals surface area contributed by atoms with Crippen molar-refractivity contribution >= 4 is 27.6 Å². The van der Waals surface area contributed by atoms with Crippen molar-refractivity contribution in [3.8, 4) is 11.8 Å². The molecule has 4 aromatic rings. The molecular weight excluding hydrogens is 344 g/mol. The number of fused-ring (bicyclic) bond motifs is 3. The summed E-state index contributed by atoms with van der Waals surface area (Å²) < 4.78 is 3.39. The zero-order valence-electron chi connectivity index (χ0n) is 14.6. The van der Waals surface area contributed by atoms with E-state index in [0.717, 1.165) is 22.0 Å². The number of nitriles is 1. The largest absolute Gasteiger partial charge is 0.342 e. The lowest BCUT2D eigenvalue weighted by molar-refractivity contribution is -0.384. The Balaban J connectivity index is 2.19. The smallest absolute Gasteiger partial charge is 0.273 e. The van der Waals surface area contributed by atoms with Crippen molar-refractivity contribution in [3.05, 3.63) is 80.1 Å². The molecule has 0 bridgehead atoms. The highest BCUT2D eigenvalue weighted by Crippen LogP contribution is 2.30. The predicted molar refractivity (Wildman–Crippen MR) is 102 cm³/mol. The van der Waals surface area contributed by atoms with Gasteiger partial charge in [0.15, 0.2) is 0 Å². The summed E-state index contributed by atoms with van der Waals surface area (Å²) in [6.07, 6.45) is 0. The van der Waals surface area contributed by atoms with Crippen LogP contribution in [0.15, 0.2) is 53.3 Å². The van der Waals surface area contributed by atoms with Gasteiger partial charge in [-0.3, -0.25) is 19.5 Å². The highest BCUT2D eigenvalue weighted by Gasteiger charge is 2.18. The summed E-state index contributed by atoms with van der Waals surface area (Å²) in [6.45, 7) is 1.97. The summed E-state index contributed by atoms with van der Waals surface area (Å²) in [5.41, 5.74) is 3.37. The predicted octanol–water partition coefficient (Wildman–Crippen LogP) is 3.57. The first kappa shape index (κ1) is 16.5. The van der Waals surface area contributed by atoms with Crippen molar-refractivity contribution < 1.29 is 4.92 Å². The Kier molecular flexibility index (Phi) is 3.56. The van der Waals surface area contributed by atoms with E-state index in [2.05, 4.69) is 0 Å². The number of non-ortho nitro benzene ring substituents is 1. The standard InChI is InChI=1S/C20H14N4O3/c1-12-3-8-17-16(9-12)19-18(22(17)2)10-13(11-21)20(25)23(19)14-4-6-15(7-5-14)24(26)27/h3-10H,1-2H3. The maximum absolute atomic E-state index is 13.0. The van der Waals surface area contributed by atoms with Crippen molar-refractivity contribution in [1.29, 1.82) is 5.26 Å². The maximum atomic E-state index is 13.0. The van der Waals surface area contributed by atoms with Gasteiger partial charge in [-0.25, -0.2) is 0 Å². The highest BCUT2D eigenvalue weighted by atomic mass is 16.6. The molecule has 0 unspecified atom stereocenters. The van der Waals surface area contributed by atoms with Crippen molar-refractivity contribution in [2.24, 2.45) is 7.05 Å². The first-order chi connectivity index (χ1) is 12.9. The Hall–Kier alpha value is -3.92. The molecule has 27 heavy (non-hydrogen) atoms. The average molecular weight is 358 g/mol. The minimum absolute atomic E-state index is 0.0171. The maximum Gasteiger partial charge on any atom is 0.273 e. The molecule has 0 aliphatic carbocycles. The van der Waals surface area contributed by atoms with Gasteiger partial charge >= 0.3 is 0 Å². The molecule has 0 amide bonds. The Morgan fingerprint density at radius 1 is 1.07 bits per heavy atom. The fraction of sp³-hybridized carbons (Fsp3) is 0.100. The molecule has 0 fully saturated rings. The minimum atomic E-state index is -0.491. The first-order valence-electron chi connectivity index (χ1n) is 8.22. The Labute approximate surface area is 153 Å². The van der Waals surface area contributed by atoms with Crippen LogP contribution in [-0.4, -0.2) is 14.1 Å². The van der Waals surface area contributed by atoms with E-state index in [1.165, 1.54) is 28.8 Å². The number of aromatic nitrogens is 2. The van der Waals surface area contributed by atoms with E-state index in [1.54, 1.807) is 6.07 Å². The number of nitrogens with zero attached hydrogens (tertiary/aromatic N) is 4. The van der Waals surface area contributed by atoms with Crippen LogP contribution in [0, 0.1) is 28.4 Å². The topological polar surface area (TPSA) is 93.9 Å². The number of hydrogen-bond acceptors (Lipinski definition) is 4. The van der Waals surface area contributed by atoms with Gasteiger partial charge in [-0.1, -0.05) is 11.6 Å². The lowest BCUT2D eigenvalue weighted by Gasteiger charge is -2.09. The second-order valence-electron chi connectivity index (χ2n) is 6.40. The quantitative estimate of drug-likeness (QED) is 0.404. The zero-order valence-corrected chi connectivity index (χ0v) is 14.6. The van der Waals surface area contributed by atoms with Gasteiger partial charge in [0, 0.05) is 30.3 Å². The van der Waals surface area contributed by atoms with Crippen LogP contribution in [0.3, 0.4) is 0 Å². The van der Waals surface area contributed by atoms with Gasteiger partial charge in [0.2, 0.25) is 0 Å². The van der Waals surface area contributed by atoms with Gasteiger partial charge in [0.05, 0.1) is 21.5 Å². The molecule has 0 atom stereocenters. The Morgan fingerprint density at radius 2 is 1.78 bits per heavy atom. The van der Waals surface area contributed by atoms with Crippen LogP contribution in [0.4, 0.5) is 5.69 Å². The third-order valence-electron chi connectivity index (χ3n) is 4.75. The van der Waals surface area contributed by atoms with E-state index in [9.17, 15) is 20.2 Å². The van der Waals surface area contributed by atoms with E-state index in [-0.39, 0.29) is 11.3 Å².